The summed E-state index contributed by atoms with van der Waals surface area (Å²) in [6.45, 7) is 2.39. The van der Waals surface area contributed by atoms with Crippen LogP contribution in [0.3, 0.4) is 0 Å². The monoisotopic (exact) mass is 528 g/mol. The van der Waals surface area contributed by atoms with Gasteiger partial charge >= 0.3 is 0 Å². The Morgan fingerprint density at radius 2 is 2.03 bits per heavy atom. The van der Waals surface area contributed by atoms with Gasteiger partial charge in [-0.05, 0) is 56.6 Å². The third kappa shape index (κ3) is 5.45. The van der Waals surface area contributed by atoms with Crippen LogP contribution < -0.4 is 16.0 Å². The zero-order valence-corrected chi connectivity index (χ0v) is 21.5. The van der Waals surface area contributed by atoms with E-state index in [1.54, 1.807) is 12.4 Å². The molecule has 11 heteroatoms. The number of carbonyl (C=O) groups is 3. The van der Waals surface area contributed by atoms with Crippen molar-refractivity contribution < 1.29 is 23.2 Å². The predicted octanol–water partition coefficient (Wildman–Crippen LogP) is 2.52. The lowest BCUT2D eigenvalue weighted by Gasteiger charge is -2.54. The third-order valence-corrected chi connectivity index (χ3v) is 8.39. The van der Waals surface area contributed by atoms with Crippen molar-refractivity contribution in [2.45, 2.75) is 88.4 Å². The fraction of sp³-hybridized carbons (Fsp3) is 0.667. The maximum absolute atomic E-state index is 15.1. The highest BCUT2D eigenvalue weighted by Gasteiger charge is 2.61. The van der Waals surface area contributed by atoms with Crippen molar-refractivity contribution in [1.82, 2.24) is 20.5 Å². The number of aryl methyl sites for hydroxylation is 1. The number of nitriles is 1. The molecule has 2 aliphatic carbocycles. The second-order valence-corrected chi connectivity index (χ2v) is 11.3. The Hall–Kier alpha value is -3.29. The van der Waals surface area contributed by atoms with Gasteiger partial charge in [0, 0.05) is 37.3 Å². The number of anilines is 1. The topological polar surface area (TPSA) is 127 Å². The summed E-state index contributed by atoms with van der Waals surface area (Å²) in [4.78, 5) is 45.1. The van der Waals surface area contributed by atoms with Gasteiger partial charge in [-0.25, -0.2) is 8.78 Å². The van der Waals surface area contributed by atoms with Crippen LogP contribution in [0.4, 0.5) is 14.5 Å². The van der Waals surface area contributed by atoms with Gasteiger partial charge in [-0.2, -0.15) is 5.26 Å². The van der Waals surface area contributed by atoms with Gasteiger partial charge in [0.1, 0.15) is 18.1 Å². The van der Waals surface area contributed by atoms with E-state index < -0.39 is 54.3 Å². The molecule has 6 rings (SSSR count). The van der Waals surface area contributed by atoms with Gasteiger partial charge in [-0.15, -0.1) is 0 Å². The molecule has 0 aromatic carbocycles. The van der Waals surface area contributed by atoms with Crippen LogP contribution in [0.1, 0.15) is 56.9 Å². The number of hydrogen-bond acceptors (Lipinski definition) is 6. The smallest absolute Gasteiger partial charge is 0.255 e. The number of nitrogens with one attached hydrogen (secondary N) is 3. The van der Waals surface area contributed by atoms with E-state index in [2.05, 4.69) is 20.9 Å². The lowest BCUT2D eigenvalue weighted by molar-refractivity contribution is -0.194. The Bertz CT molecular complexity index is 1140. The molecule has 6 atom stereocenters. The van der Waals surface area contributed by atoms with Crippen molar-refractivity contribution in [3.05, 3.63) is 24.0 Å². The summed E-state index contributed by atoms with van der Waals surface area (Å²) >= 11 is 0. The molecule has 9 nitrogen and oxygen atoms in total. The van der Waals surface area contributed by atoms with E-state index in [-0.39, 0.29) is 24.7 Å². The molecule has 3 aliphatic heterocycles. The molecular weight excluding hydrogens is 494 g/mol. The summed E-state index contributed by atoms with van der Waals surface area (Å²) in [5.41, 5.74) is 1.58. The van der Waals surface area contributed by atoms with Crippen molar-refractivity contribution in [1.29, 1.82) is 5.26 Å². The highest BCUT2D eigenvalue weighted by atomic mass is 19.3. The van der Waals surface area contributed by atoms with Gasteiger partial charge in [-0.3, -0.25) is 19.4 Å². The lowest BCUT2D eigenvalue weighted by atomic mass is 9.71. The normalized spacial score (nSPS) is 29.2. The second-order valence-electron chi connectivity index (χ2n) is 11.3. The van der Waals surface area contributed by atoms with Gasteiger partial charge in [-0.1, -0.05) is 12.8 Å². The Labute approximate surface area is 220 Å². The summed E-state index contributed by atoms with van der Waals surface area (Å²) in [5, 5.41) is 18.2. The molecule has 1 aromatic rings. The van der Waals surface area contributed by atoms with Crippen molar-refractivity contribution in [3.63, 3.8) is 0 Å². The third-order valence-electron chi connectivity index (χ3n) is 8.39. The van der Waals surface area contributed by atoms with Gasteiger partial charge < -0.3 is 20.9 Å². The highest BCUT2D eigenvalue weighted by molar-refractivity contribution is 5.92. The van der Waals surface area contributed by atoms with E-state index in [1.165, 1.54) is 4.90 Å². The molecule has 4 heterocycles. The van der Waals surface area contributed by atoms with Crippen LogP contribution in [0.25, 0.3) is 0 Å². The first-order chi connectivity index (χ1) is 18.2. The first kappa shape index (κ1) is 26.3. The first-order valence-electron chi connectivity index (χ1n) is 13.5. The van der Waals surface area contributed by atoms with Crippen LogP contribution in [-0.4, -0.2) is 64.2 Å². The van der Waals surface area contributed by atoms with Gasteiger partial charge in [0.25, 0.3) is 5.92 Å². The number of hydrogen-bond donors (Lipinski definition) is 3. The summed E-state index contributed by atoms with van der Waals surface area (Å²) in [6.07, 6.45) is 6.59. The standard InChI is InChI=1S/C27H34F2N6O3/c1-15-8-19(14-31-13-15)33-22(9-16-2-3-16)26(38)35-20-4-5-21(27(28,29)11-20)23(35)25(37)34-18(12-30)10-17-6-7-32-24(17)36/h8,13-14,16-18,20-23,33H,2-7,9-11H2,1H3,(H,32,36)(H,34,37)/t17-,18-,20+,21+,22+,23-/m1/s1. The van der Waals surface area contributed by atoms with E-state index in [1.807, 2.05) is 19.1 Å². The Morgan fingerprint density at radius 1 is 1.24 bits per heavy atom. The number of alkyl halides is 2. The molecule has 0 radical (unpaired) electrons. The van der Waals surface area contributed by atoms with E-state index in [9.17, 15) is 19.6 Å². The molecule has 3 amide bonds. The fourth-order valence-electron chi connectivity index (χ4n) is 6.30. The van der Waals surface area contributed by atoms with Crippen LogP contribution in [0, 0.1) is 36.0 Å². The van der Waals surface area contributed by atoms with Crippen LogP contribution in [-0.2, 0) is 14.4 Å². The summed E-state index contributed by atoms with van der Waals surface area (Å²) in [7, 11) is 0. The number of pyridine rings is 1. The second kappa shape index (κ2) is 10.5. The number of carbonyl (C=O) groups excluding carboxylic acids is 3. The van der Waals surface area contributed by atoms with Crippen molar-refractivity contribution in [2.75, 3.05) is 11.9 Å². The Morgan fingerprint density at radius 3 is 2.66 bits per heavy atom. The minimum atomic E-state index is -3.09. The molecule has 2 bridgehead atoms. The number of fused-ring (bicyclic) bond motifs is 3. The number of piperidine rings is 2. The molecule has 38 heavy (non-hydrogen) atoms. The quantitative estimate of drug-likeness (QED) is 0.452. The molecule has 5 aliphatic rings. The fourth-order valence-corrected chi connectivity index (χ4v) is 6.30. The average Bonchev–Trinajstić information content (AvgIpc) is 3.61. The Balaban J connectivity index is 1.38. The van der Waals surface area contributed by atoms with Gasteiger partial charge in [0.2, 0.25) is 17.7 Å². The van der Waals surface area contributed by atoms with Crippen LogP contribution in [0.2, 0.25) is 0 Å². The molecule has 3 saturated heterocycles. The van der Waals surface area contributed by atoms with E-state index in [0.717, 1.165) is 18.4 Å². The number of nitrogens with zero attached hydrogens (tertiary/aromatic N) is 3. The predicted molar refractivity (Wildman–Crippen MR) is 134 cm³/mol. The molecule has 0 spiro atoms. The highest BCUT2D eigenvalue weighted by Crippen LogP contribution is 2.49. The van der Waals surface area contributed by atoms with E-state index >= 15 is 8.78 Å². The van der Waals surface area contributed by atoms with Crippen LogP contribution >= 0.6 is 0 Å². The lowest BCUT2D eigenvalue weighted by Crippen LogP contribution is -2.70. The largest absolute Gasteiger partial charge is 0.372 e. The molecule has 2 saturated carbocycles. The minimum absolute atomic E-state index is 0.103. The molecule has 3 N–H and O–H groups in total. The number of rotatable bonds is 9. The SMILES string of the molecule is Cc1cncc(N[C@@H](CC2CC2)C(=O)N2[C@H]3CC[C@@H]([C@@H]2C(=O)N[C@@H](C#N)C[C@H]2CCNC2=O)C(F)(F)C3)c1. The average molecular weight is 529 g/mol. The Kier molecular flexibility index (Phi) is 7.25. The molecule has 1 aromatic heterocycles. The van der Waals surface area contributed by atoms with E-state index in [4.69, 9.17) is 0 Å². The van der Waals surface area contributed by atoms with Gasteiger partial charge in [0.15, 0.2) is 0 Å². The van der Waals surface area contributed by atoms with Crippen molar-refractivity contribution in [3.8, 4) is 6.07 Å². The van der Waals surface area contributed by atoms with Crippen molar-refractivity contribution >= 4 is 23.4 Å². The zero-order chi connectivity index (χ0) is 27.0. The maximum atomic E-state index is 15.1. The van der Waals surface area contributed by atoms with E-state index in [0.29, 0.717) is 37.4 Å². The van der Waals surface area contributed by atoms with Crippen molar-refractivity contribution in [2.24, 2.45) is 17.8 Å². The molecule has 204 valence electrons. The van der Waals surface area contributed by atoms with Gasteiger partial charge in [0.05, 0.1) is 17.7 Å². The maximum Gasteiger partial charge on any atom is 0.255 e. The summed E-state index contributed by atoms with van der Waals surface area (Å²) in [6, 6.07) is 0.0408. The number of aromatic nitrogens is 1. The minimum Gasteiger partial charge on any atom is -0.372 e. The van der Waals surface area contributed by atoms with Crippen LogP contribution in [0.15, 0.2) is 18.5 Å². The number of halogens is 2. The first-order valence-corrected chi connectivity index (χ1v) is 13.5. The molecule has 5 fully saturated rings. The summed E-state index contributed by atoms with van der Waals surface area (Å²) < 4.78 is 30.2. The summed E-state index contributed by atoms with van der Waals surface area (Å²) in [5.74, 6) is -5.77. The zero-order valence-electron chi connectivity index (χ0n) is 21.5. The number of amides is 3. The van der Waals surface area contributed by atoms with Crippen LogP contribution in [0.5, 0.6) is 0 Å². The molecular formula is C27H34F2N6O3. The molecule has 0 unspecified atom stereocenters.